The van der Waals surface area contributed by atoms with Gasteiger partial charge in [-0.05, 0) is 27.3 Å². The van der Waals surface area contributed by atoms with Crippen LogP contribution in [0, 0.1) is 6.92 Å². The van der Waals surface area contributed by atoms with Gasteiger partial charge < -0.3 is 15.6 Å². The van der Waals surface area contributed by atoms with Gasteiger partial charge in [0.15, 0.2) is 0 Å². The van der Waals surface area contributed by atoms with Crippen molar-refractivity contribution in [2.24, 2.45) is 0 Å². The minimum Gasteiger partial charge on any atom is -0.370 e. The Balaban J connectivity index is 2.16. The van der Waals surface area contributed by atoms with Gasteiger partial charge in [0.25, 0.3) is 0 Å². The number of aryl methyl sites for hydroxylation is 1. The van der Waals surface area contributed by atoms with Crippen LogP contribution in [0.5, 0.6) is 0 Å². The molecule has 1 fully saturated rings. The maximum Gasteiger partial charge on any atom is 0.149 e. The van der Waals surface area contributed by atoms with E-state index in [4.69, 9.17) is 4.98 Å². The number of aromatic nitrogens is 2. The lowest BCUT2D eigenvalue weighted by Gasteiger charge is -2.33. The van der Waals surface area contributed by atoms with E-state index in [0.717, 1.165) is 68.6 Å². The Kier molecular flexibility index (Phi) is 5.76. The van der Waals surface area contributed by atoms with E-state index >= 15 is 0 Å². The summed E-state index contributed by atoms with van der Waals surface area (Å²) in [5.74, 6) is 2.80. The summed E-state index contributed by atoms with van der Waals surface area (Å²) >= 11 is 0. The molecule has 6 nitrogen and oxygen atoms in total. The van der Waals surface area contributed by atoms with Crippen molar-refractivity contribution in [2.45, 2.75) is 33.6 Å². The van der Waals surface area contributed by atoms with E-state index in [-0.39, 0.29) is 0 Å². The van der Waals surface area contributed by atoms with Crippen LogP contribution in [0.25, 0.3) is 0 Å². The first kappa shape index (κ1) is 16.0. The molecular weight excluding hydrogens is 264 g/mol. The van der Waals surface area contributed by atoms with Crippen LogP contribution in [-0.2, 0) is 6.42 Å². The van der Waals surface area contributed by atoms with E-state index in [1.807, 2.05) is 0 Å². The number of hydrogen-bond acceptors (Lipinski definition) is 6. The Hall–Kier alpha value is -1.40. The molecule has 1 aliphatic heterocycles. The fourth-order valence-electron chi connectivity index (χ4n) is 2.41. The third-order valence-electron chi connectivity index (χ3n) is 3.78. The average molecular weight is 292 g/mol. The van der Waals surface area contributed by atoms with Gasteiger partial charge in [0.05, 0.1) is 0 Å². The molecule has 6 heteroatoms. The van der Waals surface area contributed by atoms with Gasteiger partial charge in [0, 0.05) is 44.7 Å². The van der Waals surface area contributed by atoms with Crippen molar-refractivity contribution in [1.29, 1.82) is 0 Å². The zero-order valence-electron chi connectivity index (χ0n) is 13.7. The van der Waals surface area contributed by atoms with Gasteiger partial charge in [-0.1, -0.05) is 6.92 Å². The highest BCUT2D eigenvalue weighted by atomic mass is 15.5. The van der Waals surface area contributed by atoms with Gasteiger partial charge in [-0.15, -0.1) is 0 Å². The first-order valence-corrected chi connectivity index (χ1v) is 7.95. The Morgan fingerprint density at radius 2 is 1.71 bits per heavy atom. The van der Waals surface area contributed by atoms with Gasteiger partial charge in [-0.2, -0.15) is 0 Å². The Morgan fingerprint density at radius 3 is 2.33 bits per heavy atom. The van der Waals surface area contributed by atoms with Crippen molar-refractivity contribution < 1.29 is 0 Å². The SMILES string of the molecule is CCCc1nc(NCC)c(C)c(NN2CCN(C)CC2)n1. The number of nitrogens with zero attached hydrogens (tertiary/aromatic N) is 4. The molecule has 1 aromatic heterocycles. The minimum atomic E-state index is 0.872. The van der Waals surface area contributed by atoms with Gasteiger partial charge >= 0.3 is 0 Å². The van der Waals surface area contributed by atoms with E-state index in [1.54, 1.807) is 0 Å². The monoisotopic (exact) mass is 292 g/mol. The summed E-state index contributed by atoms with van der Waals surface area (Å²) in [4.78, 5) is 11.7. The molecule has 0 amide bonds. The number of hydrazine groups is 1. The van der Waals surface area contributed by atoms with Gasteiger partial charge in [-0.25, -0.2) is 15.0 Å². The first-order valence-electron chi connectivity index (χ1n) is 7.95. The standard InChI is InChI=1S/C15H28N6/c1-5-7-13-17-14(16-6-2)12(3)15(18-13)19-21-10-8-20(4)9-11-21/h5-11H2,1-4H3,(H2,16,17,18,19). The lowest BCUT2D eigenvalue weighted by Crippen LogP contribution is -2.47. The van der Waals surface area contributed by atoms with E-state index < -0.39 is 0 Å². The fourth-order valence-corrected chi connectivity index (χ4v) is 2.41. The number of hydrogen-bond donors (Lipinski definition) is 2. The lowest BCUT2D eigenvalue weighted by atomic mass is 10.2. The van der Waals surface area contributed by atoms with E-state index in [2.05, 4.69) is 53.5 Å². The lowest BCUT2D eigenvalue weighted by molar-refractivity contribution is 0.178. The summed E-state index contributed by atoms with van der Waals surface area (Å²) in [5.41, 5.74) is 4.58. The van der Waals surface area contributed by atoms with E-state index in [0.29, 0.717) is 0 Å². The number of anilines is 2. The smallest absolute Gasteiger partial charge is 0.149 e. The number of piperazine rings is 1. The molecular formula is C15H28N6. The third-order valence-corrected chi connectivity index (χ3v) is 3.78. The molecule has 0 aromatic carbocycles. The normalized spacial score (nSPS) is 17.0. The van der Waals surface area contributed by atoms with Crippen molar-refractivity contribution in [3.63, 3.8) is 0 Å². The highest BCUT2D eigenvalue weighted by Crippen LogP contribution is 2.21. The van der Waals surface area contributed by atoms with Gasteiger partial charge in [0.2, 0.25) is 0 Å². The molecule has 0 spiro atoms. The summed E-state index contributed by atoms with van der Waals surface area (Å²) in [6.07, 6.45) is 1.97. The number of likely N-dealkylation sites (N-methyl/N-ethyl adjacent to an activating group) is 1. The van der Waals surface area contributed by atoms with Crippen LogP contribution in [0.4, 0.5) is 11.6 Å². The van der Waals surface area contributed by atoms with Crippen LogP contribution < -0.4 is 10.7 Å². The Morgan fingerprint density at radius 1 is 1.05 bits per heavy atom. The summed E-state index contributed by atoms with van der Waals surface area (Å²) in [5, 5.41) is 5.59. The second-order valence-electron chi connectivity index (χ2n) is 5.64. The van der Waals surface area contributed by atoms with Crippen LogP contribution in [0.2, 0.25) is 0 Å². The largest absolute Gasteiger partial charge is 0.370 e. The van der Waals surface area contributed by atoms with Crippen molar-refractivity contribution >= 4 is 11.6 Å². The predicted molar refractivity (Wildman–Crippen MR) is 87.6 cm³/mol. The summed E-state index contributed by atoms with van der Waals surface area (Å²) < 4.78 is 0. The van der Waals surface area contributed by atoms with Crippen LogP contribution in [0.1, 0.15) is 31.7 Å². The van der Waals surface area contributed by atoms with E-state index in [9.17, 15) is 0 Å². The quantitative estimate of drug-likeness (QED) is 0.833. The highest BCUT2D eigenvalue weighted by Gasteiger charge is 2.17. The van der Waals surface area contributed by atoms with Crippen molar-refractivity contribution in [2.75, 3.05) is 50.5 Å². The summed E-state index contributed by atoms with van der Waals surface area (Å²) in [6.45, 7) is 11.4. The third kappa shape index (κ3) is 4.28. The van der Waals surface area contributed by atoms with Crippen LogP contribution in [0.3, 0.4) is 0 Å². The molecule has 118 valence electrons. The molecule has 0 aliphatic carbocycles. The summed E-state index contributed by atoms with van der Waals surface area (Å²) in [7, 11) is 2.16. The molecule has 0 unspecified atom stereocenters. The molecule has 0 saturated carbocycles. The van der Waals surface area contributed by atoms with Crippen LogP contribution in [-0.4, -0.2) is 59.6 Å². The molecule has 1 aromatic rings. The second-order valence-corrected chi connectivity index (χ2v) is 5.64. The molecule has 0 radical (unpaired) electrons. The van der Waals surface area contributed by atoms with Crippen molar-refractivity contribution in [1.82, 2.24) is 19.9 Å². The first-order chi connectivity index (χ1) is 10.1. The number of nitrogens with one attached hydrogen (secondary N) is 2. The Bertz CT molecular complexity index is 454. The summed E-state index contributed by atoms with van der Waals surface area (Å²) in [6, 6.07) is 0. The highest BCUT2D eigenvalue weighted by molar-refractivity contribution is 5.56. The molecule has 21 heavy (non-hydrogen) atoms. The molecule has 2 N–H and O–H groups in total. The molecule has 2 rings (SSSR count). The molecule has 0 atom stereocenters. The zero-order chi connectivity index (χ0) is 15.2. The van der Waals surface area contributed by atoms with Crippen LogP contribution >= 0.6 is 0 Å². The van der Waals surface area contributed by atoms with E-state index in [1.165, 1.54) is 0 Å². The molecule has 1 saturated heterocycles. The zero-order valence-corrected chi connectivity index (χ0v) is 13.7. The number of rotatable bonds is 6. The van der Waals surface area contributed by atoms with Crippen LogP contribution in [0.15, 0.2) is 0 Å². The predicted octanol–water partition coefficient (Wildman–Crippen LogP) is 1.74. The topological polar surface area (TPSA) is 56.3 Å². The molecule has 1 aliphatic rings. The maximum atomic E-state index is 4.70. The Labute approximate surface area is 127 Å². The maximum absolute atomic E-state index is 4.70. The van der Waals surface area contributed by atoms with Gasteiger partial charge in [0.1, 0.15) is 17.5 Å². The minimum absolute atomic E-state index is 0.872. The van der Waals surface area contributed by atoms with Gasteiger partial charge in [-0.3, -0.25) is 0 Å². The van der Waals surface area contributed by atoms with Crippen molar-refractivity contribution in [3.8, 4) is 0 Å². The average Bonchev–Trinajstić information content (AvgIpc) is 2.47. The fraction of sp³-hybridized carbons (Fsp3) is 0.733. The molecule has 2 heterocycles. The molecule has 0 bridgehead atoms. The second kappa shape index (κ2) is 7.56. The van der Waals surface area contributed by atoms with Crippen molar-refractivity contribution in [3.05, 3.63) is 11.4 Å².